The Morgan fingerprint density at radius 3 is 2.42 bits per heavy atom. The van der Waals surface area contributed by atoms with Gasteiger partial charge in [0, 0.05) is 21.2 Å². The van der Waals surface area contributed by atoms with Crippen LogP contribution in [-0.2, 0) is 5.60 Å². The Hall–Kier alpha value is -0.840. The highest BCUT2D eigenvalue weighted by atomic mass is 79.9. The highest BCUT2D eigenvalue weighted by Gasteiger charge is 2.22. The third kappa shape index (κ3) is 3.81. The second kappa shape index (κ2) is 6.07. The van der Waals surface area contributed by atoms with Crippen LogP contribution < -0.4 is 5.32 Å². The molecule has 100 valence electrons. The molecule has 0 bridgehead atoms. The number of benzene rings is 2. The second-order valence-corrected chi connectivity index (χ2v) is 6.39. The van der Waals surface area contributed by atoms with Crippen molar-refractivity contribution < 1.29 is 5.11 Å². The number of aliphatic hydroxyl groups is 1. The van der Waals surface area contributed by atoms with Crippen LogP contribution in [-0.4, -0.2) is 11.7 Å². The number of hydrogen-bond acceptors (Lipinski definition) is 2. The van der Waals surface area contributed by atoms with Gasteiger partial charge in [0.15, 0.2) is 0 Å². The highest BCUT2D eigenvalue weighted by Crippen LogP contribution is 2.28. The van der Waals surface area contributed by atoms with Gasteiger partial charge in [0.05, 0.1) is 0 Å². The van der Waals surface area contributed by atoms with Gasteiger partial charge in [0.25, 0.3) is 0 Å². The second-order valence-electron chi connectivity index (χ2n) is 4.62. The predicted molar refractivity (Wildman–Crippen MR) is 86.3 cm³/mol. The molecule has 0 saturated carbocycles. The molecule has 0 fully saturated rings. The molecule has 0 amide bonds. The van der Waals surface area contributed by atoms with Crippen molar-refractivity contribution in [1.82, 2.24) is 0 Å². The number of nitrogens with one attached hydrogen (secondary N) is 1. The van der Waals surface area contributed by atoms with Crippen molar-refractivity contribution >= 4 is 37.5 Å². The summed E-state index contributed by atoms with van der Waals surface area (Å²) in [5.41, 5.74) is 0.948. The van der Waals surface area contributed by atoms with Crippen molar-refractivity contribution in [3.8, 4) is 0 Å². The van der Waals surface area contributed by atoms with Gasteiger partial charge in [-0.3, -0.25) is 0 Å². The maximum atomic E-state index is 10.5. The lowest BCUT2D eigenvalue weighted by atomic mass is 9.96. The fourth-order valence-electron chi connectivity index (χ4n) is 1.80. The quantitative estimate of drug-likeness (QED) is 0.811. The van der Waals surface area contributed by atoms with Gasteiger partial charge in [-0.2, -0.15) is 0 Å². The molecule has 1 unspecified atom stereocenters. The molecule has 2 aromatic carbocycles. The third-order valence-electron chi connectivity index (χ3n) is 2.95. The molecule has 19 heavy (non-hydrogen) atoms. The van der Waals surface area contributed by atoms with Crippen LogP contribution in [0.2, 0.25) is 0 Å². The van der Waals surface area contributed by atoms with Crippen LogP contribution in [0.25, 0.3) is 0 Å². The van der Waals surface area contributed by atoms with Crippen molar-refractivity contribution in [2.24, 2.45) is 0 Å². The molecule has 0 saturated heterocycles. The van der Waals surface area contributed by atoms with E-state index in [9.17, 15) is 5.11 Å². The summed E-state index contributed by atoms with van der Waals surface area (Å²) in [6.45, 7) is 2.25. The van der Waals surface area contributed by atoms with Crippen LogP contribution in [0.15, 0.2) is 57.5 Å². The summed E-state index contributed by atoms with van der Waals surface area (Å²) in [7, 11) is 0. The van der Waals surface area contributed by atoms with Crippen molar-refractivity contribution in [1.29, 1.82) is 0 Å². The highest BCUT2D eigenvalue weighted by molar-refractivity contribution is 9.11. The molecule has 0 heterocycles. The topological polar surface area (TPSA) is 32.3 Å². The first-order chi connectivity index (χ1) is 8.99. The van der Waals surface area contributed by atoms with E-state index < -0.39 is 5.60 Å². The smallest absolute Gasteiger partial charge is 0.104 e. The molecule has 2 aromatic rings. The van der Waals surface area contributed by atoms with Crippen LogP contribution in [0.4, 0.5) is 5.69 Å². The van der Waals surface area contributed by atoms with E-state index in [4.69, 9.17) is 0 Å². The minimum absolute atomic E-state index is 0.442. The van der Waals surface area contributed by atoms with Gasteiger partial charge >= 0.3 is 0 Å². The van der Waals surface area contributed by atoms with E-state index in [1.165, 1.54) is 0 Å². The van der Waals surface area contributed by atoms with Crippen molar-refractivity contribution in [3.05, 3.63) is 63.0 Å². The van der Waals surface area contributed by atoms with Gasteiger partial charge in [-0.1, -0.05) is 46.3 Å². The minimum atomic E-state index is -0.909. The summed E-state index contributed by atoms with van der Waals surface area (Å²) < 4.78 is 1.98. The van der Waals surface area contributed by atoms with Crippen LogP contribution in [0, 0.1) is 0 Å². The summed E-state index contributed by atoms with van der Waals surface area (Å²) in [6.07, 6.45) is 0. The van der Waals surface area contributed by atoms with Crippen molar-refractivity contribution in [2.45, 2.75) is 12.5 Å². The summed E-state index contributed by atoms with van der Waals surface area (Å²) in [5, 5.41) is 13.8. The first-order valence-corrected chi connectivity index (χ1v) is 7.54. The van der Waals surface area contributed by atoms with Crippen LogP contribution in [0.3, 0.4) is 0 Å². The lowest BCUT2D eigenvalue weighted by Crippen LogP contribution is -2.30. The molecule has 0 aliphatic heterocycles. The molecule has 0 spiro atoms. The molecule has 0 aliphatic carbocycles. The molecular weight excluding hydrogens is 370 g/mol. The molecular formula is C15H15Br2NO. The summed E-state index contributed by atoms with van der Waals surface area (Å²) in [4.78, 5) is 0. The Bertz CT molecular complexity index is 555. The van der Waals surface area contributed by atoms with Gasteiger partial charge in [-0.15, -0.1) is 0 Å². The van der Waals surface area contributed by atoms with Gasteiger partial charge in [0.1, 0.15) is 5.60 Å². The largest absolute Gasteiger partial charge is 0.384 e. The number of rotatable bonds is 4. The van der Waals surface area contributed by atoms with Gasteiger partial charge < -0.3 is 10.4 Å². The van der Waals surface area contributed by atoms with Crippen LogP contribution in [0.1, 0.15) is 12.5 Å². The fraction of sp³-hybridized carbons (Fsp3) is 0.200. The lowest BCUT2D eigenvalue weighted by Gasteiger charge is -2.25. The molecule has 0 radical (unpaired) electrons. The molecule has 0 aromatic heterocycles. The SMILES string of the molecule is CC(O)(CNc1ccc(Br)cc1Br)c1ccccc1. The summed E-state index contributed by atoms with van der Waals surface area (Å²) in [5.74, 6) is 0. The molecule has 0 aliphatic rings. The molecule has 4 heteroatoms. The zero-order chi connectivity index (χ0) is 13.9. The van der Waals surface area contributed by atoms with E-state index >= 15 is 0 Å². The Kier molecular flexibility index (Phi) is 4.66. The lowest BCUT2D eigenvalue weighted by molar-refractivity contribution is 0.0715. The number of halogens is 2. The minimum Gasteiger partial charge on any atom is -0.384 e. The monoisotopic (exact) mass is 383 g/mol. The standard InChI is InChI=1S/C15H15Br2NO/c1-15(19,11-5-3-2-4-6-11)10-18-14-8-7-12(16)9-13(14)17/h2-9,18-19H,10H2,1H3. The number of hydrogen-bond donors (Lipinski definition) is 2. The molecule has 1 atom stereocenters. The Balaban J connectivity index is 2.09. The van der Waals surface area contributed by atoms with Crippen molar-refractivity contribution in [3.63, 3.8) is 0 Å². The predicted octanol–water partition coefficient (Wildman–Crippen LogP) is 4.53. The zero-order valence-electron chi connectivity index (χ0n) is 10.5. The Morgan fingerprint density at radius 2 is 1.79 bits per heavy atom. The van der Waals surface area contributed by atoms with Crippen molar-refractivity contribution in [2.75, 3.05) is 11.9 Å². The average Bonchev–Trinajstić information content (AvgIpc) is 2.39. The van der Waals surface area contributed by atoms with E-state index in [-0.39, 0.29) is 0 Å². The van der Waals surface area contributed by atoms with E-state index in [0.29, 0.717) is 6.54 Å². The summed E-state index contributed by atoms with van der Waals surface area (Å²) in [6, 6.07) is 15.6. The average molecular weight is 385 g/mol. The maximum Gasteiger partial charge on any atom is 0.104 e. The maximum absolute atomic E-state index is 10.5. The van der Waals surface area contributed by atoms with Gasteiger partial charge in [0.2, 0.25) is 0 Å². The first-order valence-electron chi connectivity index (χ1n) is 5.96. The Labute approximate surface area is 130 Å². The third-order valence-corrected chi connectivity index (χ3v) is 4.10. The van der Waals surface area contributed by atoms with Gasteiger partial charge in [-0.05, 0) is 46.6 Å². The van der Waals surface area contributed by atoms with E-state index in [2.05, 4.69) is 37.2 Å². The molecule has 2 N–H and O–H groups in total. The molecule has 2 nitrogen and oxygen atoms in total. The van der Waals surface area contributed by atoms with Crippen LogP contribution in [0.5, 0.6) is 0 Å². The van der Waals surface area contributed by atoms with E-state index in [1.54, 1.807) is 0 Å². The van der Waals surface area contributed by atoms with E-state index in [1.807, 2.05) is 55.5 Å². The zero-order valence-corrected chi connectivity index (χ0v) is 13.7. The number of anilines is 1. The molecule has 2 rings (SSSR count). The first kappa shape index (κ1) is 14.6. The van der Waals surface area contributed by atoms with Crippen LogP contribution >= 0.6 is 31.9 Å². The summed E-state index contributed by atoms with van der Waals surface area (Å²) >= 11 is 6.91. The van der Waals surface area contributed by atoms with E-state index in [0.717, 1.165) is 20.2 Å². The normalized spacial score (nSPS) is 13.9. The van der Waals surface area contributed by atoms with Gasteiger partial charge in [-0.25, -0.2) is 0 Å². The Morgan fingerprint density at radius 1 is 1.11 bits per heavy atom. The fourth-order valence-corrected chi connectivity index (χ4v) is 2.99.